The van der Waals surface area contributed by atoms with Crippen molar-refractivity contribution in [3.63, 3.8) is 0 Å². The molecule has 140 valence electrons. The van der Waals surface area contributed by atoms with Crippen LogP contribution < -0.4 is 16.2 Å². The van der Waals surface area contributed by atoms with E-state index in [1.54, 1.807) is 24.3 Å². The Hall–Kier alpha value is -1.75. The Kier molecular flexibility index (Phi) is 11.5. The lowest BCUT2D eigenvalue weighted by atomic mass is 10.1. The average Bonchev–Trinajstić information content (AvgIpc) is 2.60. The Balaban J connectivity index is 1.99. The minimum atomic E-state index is -0.484. The number of carbonyl (C=O) groups is 2. The molecule has 1 rings (SSSR count). The van der Waals surface area contributed by atoms with Crippen LogP contribution in [0, 0.1) is 0 Å². The minimum Gasteiger partial charge on any atom is -0.307 e. The van der Waals surface area contributed by atoms with E-state index < -0.39 is 6.03 Å². The third-order valence-corrected chi connectivity index (χ3v) is 4.18. The maximum atomic E-state index is 11.7. The molecule has 0 aliphatic heterocycles. The van der Waals surface area contributed by atoms with E-state index in [-0.39, 0.29) is 5.91 Å². The lowest BCUT2D eigenvalue weighted by Gasteiger charge is -2.09. The number of urea groups is 1. The van der Waals surface area contributed by atoms with E-state index in [1.807, 2.05) is 0 Å². The van der Waals surface area contributed by atoms with Crippen LogP contribution in [-0.4, -0.2) is 11.9 Å². The predicted octanol–water partition coefficient (Wildman–Crippen LogP) is 5.41. The fourth-order valence-electron chi connectivity index (χ4n) is 2.48. The van der Waals surface area contributed by atoms with E-state index in [4.69, 9.17) is 11.6 Å². The second-order valence-corrected chi connectivity index (χ2v) is 6.65. The van der Waals surface area contributed by atoms with Gasteiger partial charge in [0, 0.05) is 17.1 Å². The monoisotopic (exact) mass is 367 g/mol. The van der Waals surface area contributed by atoms with Crippen molar-refractivity contribution in [1.82, 2.24) is 10.9 Å². The molecule has 0 fully saturated rings. The number of amides is 3. The third kappa shape index (κ3) is 11.4. The van der Waals surface area contributed by atoms with Gasteiger partial charge in [0.25, 0.3) is 0 Å². The number of hydrogen-bond donors (Lipinski definition) is 3. The summed E-state index contributed by atoms with van der Waals surface area (Å²) < 4.78 is 0. The zero-order valence-corrected chi connectivity index (χ0v) is 15.8. The normalized spacial score (nSPS) is 10.3. The largest absolute Gasteiger partial charge is 0.337 e. The average molecular weight is 368 g/mol. The number of hydrazine groups is 1. The number of hydrogen-bond acceptors (Lipinski definition) is 2. The Morgan fingerprint density at radius 3 is 2.00 bits per heavy atom. The number of rotatable bonds is 11. The van der Waals surface area contributed by atoms with Gasteiger partial charge in [-0.25, -0.2) is 10.2 Å². The number of carbonyl (C=O) groups excluding carboxylic acids is 2. The van der Waals surface area contributed by atoms with Gasteiger partial charge in [0.1, 0.15) is 0 Å². The fourth-order valence-corrected chi connectivity index (χ4v) is 2.61. The van der Waals surface area contributed by atoms with Crippen LogP contribution in [0.4, 0.5) is 10.5 Å². The van der Waals surface area contributed by atoms with Crippen LogP contribution in [0.5, 0.6) is 0 Å². The van der Waals surface area contributed by atoms with Gasteiger partial charge in [0.15, 0.2) is 0 Å². The SMILES string of the molecule is CCCCCCCCCCCC(=O)NNC(=O)Nc1ccc(Cl)cc1. The molecule has 0 atom stereocenters. The van der Waals surface area contributed by atoms with Crippen molar-refractivity contribution < 1.29 is 9.59 Å². The summed E-state index contributed by atoms with van der Waals surface area (Å²) in [6.45, 7) is 2.22. The number of benzene rings is 1. The summed E-state index contributed by atoms with van der Waals surface area (Å²) in [4.78, 5) is 23.3. The van der Waals surface area contributed by atoms with Crippen molar-refractivity contribution in [2.24, 2.45) is 0 Å². The molecule has 6 heteroatoms. The molecule has 0 spiro atoms. The van der Waals surface area contributed by atoms with E-state index in [2.05, 4.69) is 23.1 Å². The zero-order valence-electron chi connectivity index (χ0n) is 15.1. The molecule has 1 aromatic carbocycles. The number of nitrogens with one attached hydrogen (secondary N) is 3. The Labute approximate surface area is 155 Å². The summed E-state index contributed by atoms with van der Waals surface area (Å²) in [5, 5.41) is 3.20. The van der Waals surface area contributed by atoms with Crippen LogP contribution in [0.1, 0.15) is 71.1 Å². The molecular formula is C19H30ClN3O2. The molecular weight excluding hydrogens is 338 g/mol. The zero-order chi connectivity index (χ0) is 18.3. The maximum Gasteiger partial charge on any atom is 0.337 e. The van der Waals surface area contributed by atoms with Gasteiger partial charge in [-0.2, -0.15) is 0 Å². The minimum absolute atomic E-state index is 0.172. The van der Waals surface area contributed by atoms with Gasteiger partial charge < -0.3 is 5.32 Å². The molecule has 0 bridgehead atoms. The van der Waals surface area contributed by atoms with E-state index in [9.17, 15) is 9.59 Å². The standard InChI is InChI=1S/C19H30ClN3O2/c1-2-3-4-5-6-7-8-9-10-11-18(24)22-23-19(25)21-17-14-12-16(20)13-15-17/h12-15H,2-11H2,1H3,(H,22,24)(H2,21,23,25). The highest BCUT2D eigenvalue weighted by atomic mass is 35.5. The van der Waals surface area contributed by atoms with E-state index in [0.717, 1.165) is 12.8 Å². The van der Waals surface area contributed by atoms with E-state index in [1.165, 1.54) is 44.9 Å². The van der Waals surface area contributed by atoms with Gasteiger partial charge in [0.2, 0.25) is 5.91 Å². The predicted molar refractivity (Wildman–Crippen MR) is 104 cm³/mol. The van der Waals surface area contributed by atoms with Gasteiger partial charge >= 0.3 is 6.03 Å². The Bertz CT molecular complexity index is 506. The van der Waals surface area contributed by atoms with Crippen LogP contribution >= 0.6 is 11.6 Å². The third-order valence-electron chi connectivity index (χ3n) is 3.92. The molecule has 0 saturated carbocycles. The van der Waals surface area contributed by atoms with Crippen molar-refractivity contribution in [2.45, 2.75) is 71.1 Å². The van der Waals surface area contributed by atoms with Gasteiger partial charge in [-0.3, -0.25) is 10.2 Å². The summed E-state index contributed by atoms with van der Waals surface area (Å²) in [5.74, 6) is -0.172. The molecule has 0 saturated heterocycles. The highest BCUT2D eigenvalue weighted by molar-refractivity contribution is 6.30. The first-order chi connectivity index (χ1) is 12.1. The highest BCUT2D eigenvalue weighted by Gasteiger charge is 2.04. The molecule has 5 nitrogen and oxygen atoms in total. The molecule has 0 aliphatic rings. The second-order valence-electron chi connectivity index (χ2n) is 6.21. The number of anilines is 1. The van der Waals surface area contributed by atoms with E-state index in [0.29, 0.717) is 17.1 Å². The Morgan fingerprint density at radius 2 is 1.40 bits per heavy atom. The fraction of sp³-hybridized carbons (Fsp3) is 0.579. The molecule has 0 aromatic heterocycles. The van der Waals surface area contributed by atoms with Crippen LogP contribution in [-0.2, 0) is 4.79 Å². The summed E-state index contributed by atoms with van der Waals surface area (Å²) in [6.07, 6.45) is 11.3. The first-order valence-corrected chi connectivity index (χ1v) is 9.61. The smallest absolute Gasteiger partial charge is 0.307 e. The summed E-state index contributed by atoms with van der Waals surface area (Å²) in [6, 6.07) is 6.25. The summed E-state index contributed by atoms with van der Waals surface area (Å²) >= 11 is 5.77. The first-order valence-electron chi connectivity index (χ1n) is 9.23. The van der Waals surface area contributed by atoms with Gasteiger partial charge in [-0.15, -0.1) is 0 Å². The summed E-state index contributed by atoms with van der Waals surface area (Å²) in [7, 11) is 0. The number of unbranched alkanes of at least 4 members (excludes halogenated alkanes) is 8. The van der Waals surface area contributed by atoms with Crippen molar-refractivity contribution in [1.29, 1.82) is 0 Å². The van der Waals surface area contributed by atoms with Gasteiger partial charge in [0.05, 0.1) is 0 Å². The molecule has 0 unspecified atom stereocenters. The van der Waals surface area contributed by atoms with E-state index >= 15 is 0 Å². The number of halogens is 1. The molecule has 0 aliphatic carbocycles. The highest BCUT2D eigenvalue weighted by Crippen LogP contribution is 2.13. The second kappa shape index (κ2) is 13.5. The lowest BCUT2D eigenvalue weighted by molar-refractivity contribution is -0.121. The molecule has 25 heavy (non-hydrogen) atoms. The van der Waals surface area contributed by atoms with Gasteiger partial charge in [-0.05, 0) is 30.7 Å². The molecule has 3 amide bonds. The van der Waals surface area contributed by atoms with Crippen LogP contribution in [0.25, 0.3) is 0 Å². The molecule has 3 N–H and O–H groups in total. The molecule has 0 heterocycles. The van der Waals surface area contributed by atoms with Crippen molar-refractivity contribution in [2.75, 3.05) is 5.32 Å². The van der Waals surface area contributed by atoms with Gasteiger partial charge in [-0.1, -0.05) is 69.9 Å². The lowest BCUT2D eigenvalue weighted by Crippen LogP contribution is -2.43. The van der Waals surface area contributed by atoms with Crippen molar-refractivity contribution in [3.8, 4) is 0 Å². The summed E-state index contributed by atoms with van der Waals surface area (Å²) in [5.41, 5.74) is 5.36. The topological polar surface area (TPSA) is 70.2 Å². The maximum absolute atomic E-state index is 11.7. The molecule has 1 aromatic rings. The quantitative estimate of drug-likeness (QED) is 0.361. The Morgan fingerprint density at radius 1 is 0.840 bits per heavy atom. The first kappa shape index (κ1) is 21.3. The van der Waals surface area contributed by atoms with Crippen LogP contribution in [0.15, 0.2) is 24.3 Å². The van der Waals surface area contributed by atoms with Crippen LogP contribution in [0.3, 0.4) is 0 Å². The van der Waals surface area contributed by atoms with Crippen LogP contribution in [0.2, 0.25) is 5.02 Å². The van der Waals surface area contributed by atoms with Crippen molar-refractivity contribution in [3.05, 3.63) is 29.3 Å². The molecule has 0 radical (unpaired) electrons. The van der Waals surface area contributed by atoms with Crippen molar-refractivity contribution >= 4 is 29.2 Å².